The van der Waals surface area contributed by atoms with Gasteiger partial charge in [0.05, 0.1) is 30.8 Å². The monoisotopic (exact) mass is 265 g/mol. The zero-order valence-electron chi connectivity index (χ0n) is 9.85. The van der Waals surface area contributed by atoms with Gasteiger partial charge < -0.3 is 10.1 Å². The average Bonchev–Trinajstić information content (AvgIpc) is 2.39. The fourth-order valence-electron chi connectivity index (χ4n) is 1.36. The quantitative estimate of drug-likeness (QED) is 0.922. The number of halogens is 2. The summed E-state index contributed by atoms with van der Waals surface area (Å²) in [6.07, 6.45) is 2.62. The summed E-state index contributed by atoms with van der Waals surface area (Å²) in [6, 6.07) is 2.85. The molecule has 98 valence electrons. The summed E-state index contributed by atoms with van der Waals surface area (Å²) in [5, 5.41) is 2.39. The molecule has 5 nitrogen and oxygen atoms in total. The largest absolute Gasteiger partial charge is 0.467 e. The fourth-order valence-corrected chi connectivity index (χ4v) is 1.36. The van der Waals surface area contributed by atoms with Gasteiger partial charge in [-0.05, 0) is 12.1 Å². The molecule has 1 amide bonds. The number of rotatable bonds is 3. The van der Waals surface area contributed by atoms with E-state index in [1.165, 1.54) is 19.5 Å². The molecule has 0 saturated carbocycles. The standard InChI is InChI=1S/C12H9F2N3O2/c1-19-12-15-5-8(6-16-12)17-11(18)9-3-2-7(13)4-10(9)14/h2-6H,1H3,(H,17,18). The molecule has 0 aliphatic carbocycles. The number of nitrogens with zero attached hydrogens (tertiary/aromatic N) is 2. The predicted molar refractivity (Wildman–Crippen MR) is 62.9 cm³/mol. The van der Waals surface area contributed by atoms with Gasteiger partial charge in [0.25, 0.3) is 5.91 Å². The Hall–Kier alpha value is -2.57. The lowest BCUT2D eigenvalue weighted by atomic mass is 10.2. The Morgan fingerprint density at radius 1 is 1.26 bits per heavy atom. The van der Waals surface area contributed by atoms with E-state index in [9.17, 15) is 13.6 Å². The van der Waals surface area contributed by atoms with Crippen LogP contribution in [-0.2, 0) is 0 Å². The molecule has 0 spiro atoms. The summed E-state index contributed by atoms with van der Waals surface area (Å²) < 4.78 is 30.8. The third-order valence-electron chi connectivity index (χ3n) is 2.24. The van der Waals surface area contributed by atoms with E-state index >= 15 is 0 Å². The molecule has 1 aromatic carbocycles. The van der Waals surface area contributed by atoms with Crippen LogP contribution in [0.5, 0.6) is 6.01 Å². The molecule has 0 saturated heterocycles. The highest BCUT2D eigenvalue weighted by Crippen LogP contribution is 2.13. The SMILES string of the molecule is COc1ncc(NC(=O)c2ccc(F)cc2F)cn1. The third-order valence-corrected chi connectivity index (χ3v) is 2.24. The topological polar surface area (TPSA) is 64.1 Å². The molecule has 0 aliphatic rings. The molecule has 7 heteroatoms. The summed E-state index contributed by atoms with van der Waals surface area (Å²) in [5.41, 5.74) is 0.00624. The molecule has 0 atom stereocenters. The van der Waals surface area contributed by atoms with Gasteiger partial charge in [0, 0.05) is 6.07 Å². The van der Waals surface area contributed by atoms with Crippen molar-refractivity contribution in [2.24, 2.45) is 0 Å². The van der Waals surface area contributed by atoms with Crippen molar-refractivity contribution in [2.75, 3.05) is 12.4 Å². The van der Waals surface area contributed by atoms with Gasteiger partial charge in [-0.1, -0.05) is 0 Å². The van der Waals surface area contributed by atoms with E-state index in [2.05, 4.69) is 15.3 Å². The lowest BCUT2D eigenvalue weighted by Gasteiger charge is -2.05. The van der Waals surface area contributed by atoms with Crippen LogP contribution in [0.1, 0.15) is 10.4 Å². The molecular formula is C12H9F2N3O2. The minimum Gasteiger partial charge on any atom is -0.467 e. The van der Waals surface area contributed by atoms with Gasteiger partial charge >= 0.3 is 6.01 Å². The van der Waals surface area contributed by atoms with Gasteiger partial charge in [0.1, 0.15) is 11.6 Å². The number of amides is 1. The Kier molecular flexibility index (Phi) is 3.65. The van der Waals surface area contributed by atoms with Crippen molar-refractivity contribution in [3.63, 3.8) is 0 Å². The lowest BCUT2D eigenvalue weighted by Crippen LogP contribution is -2.14. The van der Waals surface area contributed by atoms with Crippen LogP contribution in [0.4, 0.5) is 14.5 Å². The molecule has 1 aromatic heterocycles. The maximum absolute atomic E-state index is 13.4. The van der Waals surface area contributed by atoms with Crippen LogP contribution in [0.15, 0.2) is 30.6 Å². The first-order valence-corrected chi connectivity index (χ1v) is 5.22. The van der Waals surface area contributed by atoms with E-state index in [-0.39, 0.29) is 17.3 Å². The number of carbonyl (C=O) groups is 1. The van der Waals surface area contributed by atoms with Crippen LogP contribution in [-0.4, -0.2) is 23.0 Å². The smallest absolute Gasteiger partial charge is 0.316 e. The van der Waals surface area contributed by atoms with Gasteiger partial charge in [-0.25, -0.2) is 18.7 Å². The van der Waals surface area contributed by atoms with Crippen LogP contribution in [0.2, 0.25) is 0 Å². The Labute approximate surface area is 107 Å². The highest BCUT2D eigenvalue weighted by atomic mass is 19.1. The zero-order chi connectivity index (χ0) is 13.8. The number of hydrogen-bond acceptors (Lipinski definition) is 4. The third kappa shape index (κ3) is 3.01. The molecule has 0 unspecified atom stereocenters. The minimum absolute atomic E-state index is 0.144. The first-order chi connectivity index (χ1) is 9.10. The normalized spacial score (nSPS) is 10.1. The highest BCUT2D eigenvalue weighted by molar-refractivity contribution is 6.04. The Balaban J connectivity index is 2.15. The maximum atomic E-state index is 13.4. The summed E-state index contributed by atoms with van der Waals surface area (Å²) in [5.74, 6) is -2.40. The second-order valence-electron chi connectivity index (χ2n) is 3.54. The number of nitrogens with one attached hydrogen (secondary N) is 1. The van der Waals surface area contributed by atoms with Crippen LogP contribution < -0.4 is 10.1 Å². The first-order valence-electron chi connectivity index (χ1n) is 5.22. The van der Waals surface area contributed by atoms with Crippen LogP contribution in [0, 0.1) is 11.6 Å². The van der Waals surface area contributed by atoms with Gasteiger partial charge in [-0.2, -0.15) is 0 Å². The van der Waals surface area contributed by atoms with E-state index in [1.807, 2.05) is 0 Å². The van der Waals surface area contributed by atoms with E-state index < -0.39 is 17.5 Å². The van der Waals surface area contributed by atoms with Crippen molar-refractivity contribution >= 4 is 11.6 Å². The molecular weight excluding hydrogens is 256 g/mol. The van der Waals surface area contributed by atoms with Crippen molar-refractivity contribution in [3.05, 3.63) is 47.8 Å². The summed E-state index contributed by atoms with van der Waals surface area (Å²) >= 11 is 0. The molecule has 19 heavy (non-hydrogen) atoms. The van der Waals surface area contributed by atoms with E-state index in [0.717, 1.165) is 12.1 Å². The van der Waals surface area contributed by atoms with E-state index in [0.29, 0.717) is 6.07 Å². The molecule has 2 aromatic rings. The van der Waals surface area contributed by atoms with Crippen molar-refractivity contribution in [1.29, 1.82) is 0 Å². The Morgan fingerprint density at radius 2 is 1.95 bits per heavy atom. The molecule has 1 heterocycles. The predicted octanol–water partition coefficient (Wildman–Crippen LogP) is 2.02. The van der Waals surface area contributed by atoms with Crippen molar-refractivity contribution in [2.45, 2.75) is 0 Å². The number of hydrogen-bond donors (Lipinski definition) is 1. The maximum Gasteiger partial charge on any atom is 0.316 e. The van der Waals surface area contributed by atoms with Gasteiger partial charge in [0.15, 0.2) is 0 Å². The Bertz CT molecular complexity index is 602. The Morgan fingerprint density at radius 3 is 2.53 bits per heavy atom. The first kappa shape index (κ1) is 12.9. The second kappa shape index (κ2) is 5.38. The summed E-state index contributed by atoms with van der Waals surface area (Å²) in [6.45, 7) is 0. The fraction of sp³-hybridized carbons (Fsp3) is 0.0833. The average molecular weight is 265 g/mol. The van der Waals surface area contributed by atoms with Crippen molar-refractivity contribution < 1.29 is 18.3 Å². The molecule has 0 aliphatic heterocycles. The number of benzene rings is 1. The van der Waals surface area contributed by atoms with Crippen LogP contribution >= 0.6 is 0 Å². The molecule has 0 radical (unpaired) electrons. The van der Waals surface area contributed by atoms with Gasteiger partial charge in [-0.15, -0.1) is 0 Å². The highest BCUT2D eigenvalue weighted by Gasteiger charge is 2.13. The molecule has 0 fully saturated rings. The van der Waals surface area contributed by atoms with Crippen molar-refractivity contribution in [3.8, 4) is 6.01 Å². The molecule has 0 bridgehead atoms. The number of carbonyl (C=O) groups excluding carboxylic acids is 1. The zero-order valence-corrected chi connectivity index (χ0v) is 9.85. The van der Waals surface area contributed by atoms with Gasteiger partial charge in [-0.3, -0.25) is 4.79 Å². The van der Waals surface area contributed by atoms with Crippen LogP contribution in [0.25, 0.3) is 0 Å². The van der Waals surface area contributed by atoms with Crippen molar-refractivity contribution in [1.82, 2.24) is 9.97 Å². The molecule has 2 rings (SSSR count). The lowest BCUT2D eigenvalue weighted by molar-refractivity contribution is 0.102. The minimum atomic E-state index is -0.938. The van der Waals surface area contributed by atoms with Crippen LogP contribution in [0.3, 0.4) is 0 Å². The molecule has 1 N–H and O–H groups in total. The van der Waals surface area contributed by atoms with Gasteiger partial charge in [0.2, 0.25) is 0 Å². The number of methoxy groups -OCH3 is 1. The second-order valence-corrected chi connectivity index (χ2v) is 3.54. The van der Waals surface area contributed by atoms with E-state index in [4.69, 9.17) is 4.74 Å². The van der Waals surface area contributed by atoms with E-state index in [1.54, 1.807) is 0 Å². The summed E-state index contributed by atoms with van der Waals surface area (Å²) in [4.78, 5) is 19.3. The number of aromatic nitrogens is 2. The summed E-state index contributed by atoms with van der Waals surface area (Å²) in [7, 11) is 1.40. The number of ether oxygens (including phenoxy) is 1. The number of anilines is 1.